The smallest absolute Gasteiger partial charge is 0.258 e. The fourth-order valence-corrected chi connectivity index (χ4v) is 4.36. The molecule has 0 aliphatic carbocycles. The highest BCUT2D eigenvalue weighted by Crippen LogP contribution is 2.23. The minimum Gasteiger partial charge on any atom is -0.482 e. The molecule has 0 saturated heterocycles. The number of sulfonamides is 1. The van der Waals surface area contributed by atoms with Crippen LogP contribution in [0.4, 0.5) is 0 Å². The lowest BCUT2D eigenvalue weighted by Gasteiger charge is -2.19. The quantitative estimate of drug-likeness (QED) is 0.667. The summed E-state index contributed by atoms with van der Waals surface area (Å²) < 4.78 is 31.9. The van der Waals surface area contributed by atoms with Crippen molar-refractivity contribution >= 4 is 27.5 Å². The standard InChI is InChI=1S/C20H25ClN2O4S/c1-4-23(5-2)28(25,26)17-12-10-16(11-13-17)15(3)22-20(24)14-27-19-9-7-6-8-18(19)21/h6-13,15H,4-5,14H2,1-3H3,(H,22,24). The normalized spacial score (nSPS) is 12.6. The molecule has 8 heteroatoms. The molecule has 2 aromatic carbocycles. The SMILES string of the molecule is CCN(CC)S(=O)(=O)c1ccc(C(C)NC(=O)COc2ccccc2Cl)cc1. The molecule has 2 rings (SSSR count). The van der Waals surface area contributed by atoms with Crippen LogP contribution in [0.15, 0.2) is 53.4 Å². The molecule has 1 atom stereocenters. The van der Waals surface area contributed by atoms with E-state index >= 15 is 0 Å². The van der Waals surface area contributed by atoms with Gasteiger partial charge in [0.25, 0.3) is 5.91 Å². The first kappa shape index (κ1) is 22.2. The van der Waals surface area contributed by atoms with Crippen molar-refractivity contribution in [1.82, 2.24) is 9.62 Å². The molecular formula is C20H25ClN2O4S. The van der Waals surface area contributed by atoms with Crippen molar-refractivity contribution in [2.24, 2.45) is 0 Å². The van der Waals surface area contributed by atoms with Gasteiger partial charge in [-0.2, -0.15) is 4.31 Å². The zero-order valence-corrected chi connectivity index (χ0v) is 17.8. The fourth-order valence-electron chi connectivity index (χ4n) is 2.71. The molecule has 0 aliphatic rings. The van der Waals surface area contributed by atoms with Crippen LogP contribution in [0, 0.1) is 0 Å². The molecule has 2 aromatic rings. The number of para-hydroxylation sites is 1. The number of rotatable bonds is 9. The van der Waals surface area contributed by atoms with E-state index in [1.807, 2.05) is 6.92 Å². The minimum absolute atomic E-state index is 0.164. The number of carbonyl (C=O) groups is 1. The number of nitrogens with zero attached hydrogens (tertiary/aromatic N) is 1. The second kappa shape index (κ2) is 9.91. The Morgan fingerprint density at radius 2 is 1.71 bits per heavy atom. The van der Waals surface area contributed by atoms with Crippen LogP contribution in [0.2, 0.25) is 5.02 Å². The van der Waals surface area contributed by atoms with Gasteiger partial charge in [0.1, 0.15) is 5.75 Å². The lowest BCUT2D eigenvalue weighted by molar-refractivity contribution is -0.123. The maximum absolute atomic E-state index is 12.5. The zero-order chi connectivity index (χ0) is 20.7. The van der Waals surface area contributed by atoms with Crippen LogP contribution in [-0.4, -0.2) is 38.3 Å². The Bertz CT molecular complexity index is 897. The largest absolute Gasteiger partial charge is 0.482 e. The van der Waals surface area contributed by atoms with Crippen LogP contribution in [0.25, 0.3) is 0 Å². The molecule has 1 N–H and O–H groups in total. The van der Waals surface area contributed by atoms with Gasteiger partial charge in [-0.1, -0.05) is 49.7 Å². The first-order valence-corrected chi connectivity index (χ1v) is 10.9. The van der Waals surface area contributed by atoms with Gasteiger partial charge in [0.2, 0.25) is 10.0 Å². The molecule has 0 spiro atoms. The molecule has 0 saturated carbocycles. The summed E-state index contributed by atoms with van der Waals surface area (Å²) in [4.78, 5) is 12.4. The summed E-state index contributed by atoms with van der Waals surface area (Å²) >= 11 is 5.99. The summed E-state index contributed by atoms with van der Waals surface area (Å²) in [7, 11) is -3.50. The van der Waals surface area contributed by atoms with E-state index in [1.54, 1.807) is 62.4 Å². The number of amides is 1. The van der Waals surface area contributed by atoms with Crippen molar-refractivity contribution in [2.75, 3.05) is 19.7 Å². The van der Waals surface area contributed by atoms with Gasteiger partial charge in [0.15, 0.2) is 6.61 Å². The van der Waals surface area contributed by atoms with Crippen molar-refractivity contribution in [2.45, 2.75) is 31.7 Å². The molecule has 6 nitrogen and oxygen atoms in total. The van der Waals surface area contributed by atoms with E-state index in [0.29, 0.717) is 23.9 Å². The van der Waals surface area contributed by atoms with Crippen molar-refractivity contribution in [3.05, 3.63) is 59.1 Å². The Hall–Kier alpha value is -2.09. The number of hydrogen-bond acceptors (Lipinski definition) is 4. The third-order valence-electron chi connectivity index (χ3n) is 4.30. The Labute approximate surface area is 171 Å². The van der Waals surface area contributed by atoms with Gasteiger partial charge in [-0.05, 0) is 36.8 Å². The number of carbonyl (C=O) groups excluding carboxylic acids is 1. The van der Waals surface area contributed by atoms with Gasteiger partial charge in [-0.15, -0.1) is 0 Å². The molecule has 0 fully saturated rings. The van der Waals surface area contributed by atoms with Crippen molar-refractivity contribution in [3.63, 3.8) is 0 Å². The number of halogens is 1. The van der Waals surface area contributed by atoms with Crippen molar-refractivity contribution in [1.29, 1.82) is 0 Å². The molecule has 0 radical (unpaired) electrons. The average Bonchev–Trinajstić information content (AvgIpc) is 2.68. The maximum Gasteiger partial charge on any atom is 0.258 e. The molecule has 0 bridgehead atoms. The zero-order valence-electron chi connectivity index (χ0n) is 16.2. The highest BCUT2D eigenvalue weighted by molar-refractivity contribution is 7.89. The third kappa shape index (κ3) is 5.47. The van der Waals surface area contributed by atoms with E-state index < -0.39 is 10.0 Å². The minimum atomic E-state index is -3.50. The fraction of sp³-hybridized carbons (Fsp3) is 0.350. The summed E-state index contributed by atoms with van der Waals surface area (Å²) in [5, 5.41) is 3.26. The van der Waals surface area contributed by atoms with E-state index in [1.165, 1.54) is 4.31 Å². The van der Waals surface area contributed by atoms with E-state index in [0.717, 1.165) is 5.56 Å². The second-order valence-electron chi connectivity index (χ2n) is 6.17. The Morgan fingerprint density at radius 3 is 2.29 bits per heavy atom. The first-order chi connectivity index (χ1) is 13.3. The molecular weight excluding hydrogens is 400 g/mol. The Morgan fingerprint density at radius 1 is 1.11 bits per heavy atom. The van der Waals surface area contributed by atoms with Crippen LogP contribution in [0.5, 0.6) is 5.75 Å². The third-order valence-corrected chi connectivity index (χ3v) is 6.67. The second-order valence-corrected chi connectivity index (χ2v) is 8.51. The van der Waals surface area contributed by atoms with Crippen LogP contribution >= 0.6 is 11.6 Å². The monoisotopic (exact) mass is 424 g/mol. The molecule has 152 valence electrons. The van der Waals surface area contributed by atoms with E-state index in [-0.39, 0.29) is 23.5 Å². The maximum atomic E-state index is 12.5. The predicted molar refractivity (Wildman–Crippen MR) is 110 cm³/mol. The summed E-state index contributed by atoms with van der Waals surface area (Å²) in [6, 6.07) is 13.2. The number of ether oxygens (including phenoxy) is 1. The highest BCUT2D eigenvalue weighted by atomic mass is 35.5. The highest BCUT2D eigenvalue weighted by Gasteiger charge is 2.21. The van der Waals surface area contributed by atoms with Crippen LogP contribution < -0.4 is 10.1 Å². The molecule has 0 heterocycles. The molecule has 0 aliphatic heterocycles. The van der Waals surface area contributed by atoms with E-state index in [4.69, 9.17) is 16.3 Å². The van der Waals surface area contributed by atoms with Crippen molar-refractivity contribution in [3.8, 4) is 5.75 Å². The summed E-state index contributed by atoms with van der Waals surface area (Å²) in [5.41, 5.74) is 0.796. The first-order valence-electron chi connectivity index (χ1n) is 9.06. The van der Waals surface area contributed by atoms with Crippen LogP contribution in [-0.2, 0) is 14.8 Å². The number of benzene rings is 2. The summed E-state index contributed by atoms with van der Waals surface area (Å²) in [5.74, 6) is 0.144. The average molecular weight is 425 g/mol. The van der Waals surface area contributed by atoms with Gasteiger partial charge in [0, 0.05) is 13.1 Å². The summed E-state index contributed by atoms with van der Waals surface area (Å²) in [6.07, 6.45) is 0. The topological polar surface area (TPSA) is 75.7 Å². The Balaban J connectivity index is 1.98. The number of hydrogen-bond donors (Lipinski definition) is 1. The predicted octanol–water partition coefficient (Wildman–Crippen LogP) is 3.63. The molecule has 0 aromatic heterocycles. The summed E-state index contributed by atoms with van der Waals surface area (Å²) in [6.45, 7) is 6.09. The van der Waals surface area contributed by atoms with Crippen molar-refractivity contribution < 1.29 is 17.9 Å². The van der Waals surface area contributed by atoms with Gasteiger partial charge < -0.3 is 10.1 Å². The van der Waals surface area contributed by atoms with E-state index in [2.05, 4.69) is 5.32 Å². The lowest BCUT2D eigenvalue weighted by atomic mass is 10.1. The Kier molecular flexibility index (Phi) is 7.86. The lowest BCUT2D eigenvalue weighted by Crippen LogP contribution is -2.31. The molecule has 28 heavy (non-hydrogen) atoms. The number of nitrogens with one attached hydrogen (secondary N) is 1. The van der Waals surface area contributed by atoms with Crippen LogP contribution in [0.3, 0.4) is 0 Å². The molecule has 1 unspecified atom stereocenters. The molecule has 1 amide bonds. The van der Waals surface area contributed by atoms with E-state index in [9.17, 15) is 13.2 Å². The van der Waals surface area contributed by atoms with Gasteiger partial charge >= 0.3 is 0 Å². The van der Waals surface area contributed by atoms with Gasteiger partial charge in [-0.3, -0.25) is 4.79 Å². The van der Waals surface area contributed by atoms with Crippen LogP contribution in [0.1, 0.15) is 32.4 Å². The van der Waals surface area contributed by atoms with Gasteiger partial charge in [-0.25, -0.2) is 8.42 Å². The van der Waals surface area contributed by atoms with Gasteiger partial charge in [0.05, 0.1) is 16.0 Å².